The zero-order valence-electron chi connectivity index (χ0n) is 13.8. The number of carbonyl (C=O) groups is 1. The third-order valence-corrected chi connectivity index (χ3v) is 3.72. The average molecular weight is 336 g/mol. The molecule has 0 aliphatic carbocycles. The lowest BCUT2D eigenvalue weighted by atomic mass is 10.1. The van der Waals surface area contributed by atoms with Crippen LogP contribution in [0.5, 0.6) is 17.2 Å². The lowest BCUT2D eigenvalue weighted by molar-refractivity contribution is 0.0602. The second-order valence-electron chi connectivity index (χ2n) is 5.33. The molecule has 0 bridgehead atoms. The predicted molar refractivity (Wildman–Crippen MR) is 86.8 cm³/mol. The van der Waals surface area contributed by atoms with Crippen molar-refractivity contribution in [2.45, 2.75) is 39.2 Å². The van der Waals surface area contributed by atoms with Crippen molar-refractivity contribution in [3.05, 3.63) is 28.1 Å². The molecule has 1 unspecified atom stereocenters. The van der Waals surface area contributed by atoms with Crippen LogP contribution in [0.2, 0.25) is 0 Å². The number of hydrogen-bond donors (Lipinski definition) is 2. The first kappa shape index (κ1) is 17.7. The number of methoxy groups -OCH3 is 1. The van der Waals surface area contributed by atoms with Gasteiger partial charge in [-0.2, -0.15) is 0 Å². The Morgan fingerprint density at radius 1 is 1.29 bits per heavy atom. The minimum absolute atomic E-state index is 0.0417. The van der Waals surface area contributed by atoms with Crippen molar-refractivity contribution in [1.82, 2.24) is 0 Å². The fourth-order valence-electron chi connectivity index (χ4n) is 2.48. The van der Waals surface area contributed by atoms with E-state index in [1.807, 2.05) is 13.8 Å². The van der Waals surface area contributed by atoms with Gasteiger partial charge in [0.05, 0.1) is 24.2 Å². The van der Waals surface area contributed by atoms with Gasteiger partial charge in [-0.3, -0.25) is 0 Å². The number of carbonyl (C=O) groups excluding carboxylic acids is 1. The molecule has 2 rings (SSSR count). The van der Waals surface area contributed by atoms with Gasteiger partial charge in [-0.25, -0.2) is 9.59 Å². The summed E-state index contributed by atoms with van der Waals surface area (Å²) in [5.41, 5.74) is -1.26. The molecule has 1 heterocycles. The summed E-state index contributed by atoms with van der Waals surface area (Å²) in [6.45, 7) is 3.87. The fraction of sp³-hybridized carbons (Fsp3) is 0.412. The highest BCUT2D eigenvalue weighted by atomic mass is 16.5. The summed E-state index contributed by atoms with van der Waals surface area (Å²) in [5.74, 6) is -2.04. The lowest BCUT2D eigenvalue weighted by Crippen LogP contribution is -2.19. The summed E-state index contributed by atoms with van der Waals surface area (Å²) in [5, 5.41) is 20.2. The van der Waals surface area contributed by atoms with Gasteiger partial charge < -0.3 is 24.1 Å². The van der Waals surface area contributed by atoms with E-state index in [1.54, 1.807) is 0 Å². The number of ether oxygens (including phenoxy) is 2. The smallest absolute Gasteiger partial charge is 0.383 e. The van der Waals surface area contributed by atoms with E-state index in [-0.39, 0.29) is 34.1 Å². The maximum Gasteiger partial charge on any atom is 0.383 e. The van der Waals surface area contributed by atoms with E-state index >= 15 is 0 Å². The first-order valence-corrected chi connectivity index (χ1v) is 7.71. The number of fused-ring (bicyclic) bond motifs is 1. The fourth-order valence-corrected chi connectivity index (χ4v) is 2.48. The molecule has 0 spiro atoms. The largest absolute Gasteiger partial charge is 0.504 e. The van der Waals surface area contributed by atoms with Gasteiger partial charge in [0.2, 0.25) is 5.75 Å². The Bertz CT molecular complexity index is 807. The Morgan fingerprint density at radius 2 is 2.00 bits per heavy atom. The molecule has 24 heavy (non-hydrogen) atoms. The summed E-state index contributed by atoms with van der Waals surface area (Å²) >= 11 is 0. The molecule has 0 aliphatic heterocycles. The van der Waals surface area contributed by atoms with E-state index in [0.29, 0.717) is 12.8 Å². The van der Waals surface area contributed by atoms with Gasteiger partial charge in [-0.1, -0.05) is 20.3 Å². The quantitative estimate of drug-likeness (QED) is 0.617. The molecule has 2 N–H and O–H groups in total. The number of benzene rings is 1. The van der Waals surface area contributed by atoms with Gasteiger partial charge in [-0.05, 0) is 25.0 Å². The highest BCUT2D eigenvalue weighted by Crippen LogP contribution is 2.38. The molecule has 1 aromatic carbocycles. The number of hydrogen-bond acceptors (Lipinski definition) is 7. The molecule has 0 saturated heterocycles. The molecule has 7 heteroatoms. The van der Waals surface area contributed by atoms with Crippen LogP contribution in [-0.2, 0) is 4.74 Å². The maximum absolute atomic E-state index is 12.1. The number of rotatable bonds is 6. The van der Waals surface area contributed by atoms with Crippen molar-refractivity contribution >= 4 is 16.9 Å². The molecule has 0 fully saturated rings. The molecular formula is C17H20O7. The van der Waals surface area contributed by atoms with Gasteiger partial charge in [0.25, 0.3) is 0 Å². The van der Waals surface area contributed by atoms with Crippen LogP contribution in [0.25, 0.3) is 11.0 Å². The van der Waals surface area contributed by atoms with E-state index in [2.05, 4.69) is 4.74 Å². The third-order valence-electron chi connectivity index (χ3n) is 3.72. The predicted octanol–water partition coefficient (Wildman–Crippen LogP) is 2.95. The van der Waals surface area contributed by atoms with Crippen molar-refractivity contribution in [2.24, 2.45) is 0 Å². The van der Waals surface area contributed by atoms with Crippen molar-refractivity contribution in [1.29, 1.82) is 0 Å². The summed E-state index contributed by atoms with van der Waals surface area (Å²) in [6.07, 6.45) is 1.89. The van der Waals surface area contributed by atoms with E-state index in [0.717, 1.165) is 6.42 Å². The molecule has 0 saturated carbocycles. The monoisotopic (exact) mass is 336 g/mol. The number of esters is 1. The normalized spacial score (nSPS) is 12.1. The zero-order valence-corrected chi connectivity index (χ0v) is 13.8. The molecule has 1 atom stereocenters. The van der Waals surface area contributed by atoms with Crippen molar-refractivity contribution in [2.75, 3.05) is 7.11 Å². The third kappa shape index (κ3) is 3.15. The van der Waals surface area contributed by atoms with Crippen LogP contribution < -0.4 is 10.4 Å². The Hall–Kier alpha value is -2.70. The first-order valence-electron chi connectivity index (χ1n) is 7.71. The van der Waals surface area contributed by atoms with Gasteiger partial charge in [0.1, 0.15) is 0 Å². The van der Waals surface area contributed by atoms with Crippen LogP contribution in [0.15, 0.2) is 21.3 Å². The highest BCUT2D eigenvalue weighted by Gasteiger charge is 2.25. The minimum Gasteiger partial charge on any atom is -0.504 e. The lowest BCUT2D eigenvalue weighted by Gasteiger charge is -2.17. The second-order valence-corrected chi connectivity index (χ2v) is 5.33. The Kier molecular flexibility index (Phi) is 5.33. The highest BCUT2D eigenvalue weighted by molar-refractivity contribution is 6.07. The number of aromatic hydroxyl groups is 2. The van der Waals surface area contributed by atoms with Crippen LogP contribution >= 0.6 is 0 Å². The molecule has 0 radical (unpaired) electrons. The van der Waals surface area contributed by atoms with Crippen molar-refractivity contribution in [3.63, 3.8) is 0 Å². The standard InChI is InChI=1S/C17H20O7/c1-4-6-9(5-2)23-15-13(19)12-10(16(20)22-3)7-8-11(18)14(12)24-17(15)21/h7-9,18-19H,4-6H2,1-3H3. The molecule has 0 amide bonds. The summed E-state index contributed by atoms with van der Waals surface area (Å²) in [6, 6.07) is 2.46. The minimum atomic E-state index is -0.924. The molecule has 7 nitrogen and oxygen atoms in total. The molecule has 2 aromatic rings. The number of phenolic OH excluding ortho intramolecular Hbond substituents is 1. The van der Waals surface area contributed by atoms with E-state index in [9.17, 15) is 19.8 Å². The van der Waals surface area contributed by atoms with Crippen molar-refractivity contribution in [3.8, 4) is 17.2 Å². The SMILES string of the molecule is CCCC(CC)Oc1c(O)c2c(C(=O)OC)ccc(O)c2oc1=O. The van der Waals surface area contributed by atoms with Crippen LogP contribution in [0.4, 0.5) is 0 Å². The van der Waals surface area contributed by atoms with Crippen LogP contribution in [0.3, 0.4) is 0 Å². The molecule has 0 aliphatic rings. The van der Waals surface area contributed by atoms with Gasteiger partial charge >= 0.3 is 11.6 Å². The van der Waals surface area contributed by atoms with E-state index < -0.39 is 17.3 Å². The van der Waals surface area contributed by atoms with Crippen molar-refractivity contribution < 1.29 is 28.9 Å². The van der Waals surface area contributed by atoms with Gasteiger partial charge in [0, 0.05) is 0 Å². The second kappa shape index (κ2) is 7.25. The Morgan fingerprint density at radius 3 is 2.58 bits per heavy atom. The molecule has 130 valence electrons. The van der Waals surface area contributed by atoms with E-state index in [1.165, 1.54) is 19.2 Å². The first-order chi connectivity index (χ1) is 11.4. The Labute approximate surface area is 138 Å². The molecule has 1 aromatic heterocycles. The van der Waals surface area contributed by atoms with Gasteiger partial charge in [-0.15, -0.1) is 0 Å². The summed E-state index contributed by atoms with van der Waals surface area (Å²) in [7, 11) is 1.18. The summed E-state index contributed by atoms with van der Waals surface area (Å²) < 4.78 is 15.3. The maximum atomic E-state index is 12.1. The topological polar surface area (TPSA) is 106 Å². The summed E-state index contributed by atoms with van der Waals surface area (Å²) in [4.78, 5) is 24.0. The van der Waals surface area contributed by atoms with Gasteiger partial charge in [0.15, 0.2) is 17.1 Å². The van der Waals surface area contributed by atoms with Crippen LogP contribution in [-0.4, -0.2) is 29.4 Å². The zero-order chi connectivity index (χ0) is 17.9. The Balaban J connectivity index is 2.70. The van der Waals surface area contributed by atoms with E-state index in [4.69, 9.17) is 9.15 Å². The average Bonchev–Trinajstić information content (AvgIpc) is 2.57. The van der Waals surface area contributed by atoms with Crippen LogP contribution in [0.1, 0.15) is 43.5 Å². The number of phenols is 1. The molecular weight excluding hydrogens is 316 g/mol. The van der Waals surface area contributed by atoms with Crippen LogP contribution in [0, 0.1) is 0 Å².